The van der Waals surface area contributed by atoms with E-state index in [4.69, 9.17) is 9.84 Å². The smallest absolute Gasteiger partial charge is 0.339 e. The predicted molar refractivity (Wildman–Crippen MR) is 57.6 cm³/mol. The Morgan fingerprint density at radius 3 is 3.06 bits per heavy atom. The molecule has 1 unspecified atom stereocenters. The molecular formula is C10H14N2O4. The second-order valence-corrected chi connectivity index (χ2v) is 3.22. The lowest BCUT2D eigenvalue weighted by Crippen LogP contribution is -2.24. The number of ether oxygens (including phenoxy) is 1. The maximum atomic E-state index is 10.8. The molecule has 0 saturated heterocycles. The van der Waals surface area contributed by atoms with E-state index in [0.29, 0.717) is 5.69 Å². The molecule has 0 saturated carbocycles. The highest BCUT2D eigenvalue weighted by Gasteiger charge is 2.10. The zero-order valence-corrected chi connectivity index (χ0v) is 8.88. The molecule has 1 atom stereocenters. The summed E-state index contributed by atoms with van der Waals surface area (Å²) in [4.78, 5) is 14.5. The first-order valence-corrected chi connectivity index (χ1v) is 4.73. The normalized spacial score (nSPS) is 12.1. The Balaban J connectivity index is 2.63. The van der Waals surface area contributed by atoms with Gasteiger partial charge in [-0.15, -0.1) is 0 Å². The van der Waals surface area contributed by atoms with Crippen molar-refractivity contribution in [1.82, 2.24) is 4.98 Å². The van der Waals surface area contributed by atoms with Gasteiger partial charge in [0.25, 0.3) is 0 Å². The van der Waals surface area contributed by atoms with Gasteiger partial charge in [-0.05, 0) is 6.07 Å². The highest BCUT2D eigenvalue weighted by atomic mass is 16.5. The lowest BCUT2D eigenvalue weighted by atomic mass is 10.2. The Labute approximate surface area is 92.9 Å². The molecule has 0 aliphatic heterocycles. The summed E-state index contributed by atoms with van der Waals surface area (Å²) in [7, 11) is 1.48. The molecule has 1 rings (SSSR count). The summed E-state index contributed by atoms with van der Waals surface area (Å²) in [6.45, 7) is 0.415. The first-order chi connectivity index (χ1) is 7.65. The molecule has 3 N–H and O–H groups in total. The van der Waals surface area contributed by atoms with Crippen molar-refractivity contribution < 1.29 is 19.7 Å². The van der Waals surface area contributed by atoms with Gasteiger partial charge in [0.05, 0.1) is 18.4 Å². The van der Waals surface area contributed by atoms with Gasteiger partial charge < -0.3 is 20.3 Å². The standard InChI is InChI=1S/C10H14N2O4/c1-16-6-7(13)4-12-9-2-3-11-5-8(9)10(14)15/h2-3,5,7,13H,4,6H2,1H3,(H,11,12)(H,14,15). The summed E-state index contributed by atoms with van der Waals surface area (Å²) in [6.07, 6.45) is 2.06. The lowest BCUT2D eigenvalue weighted by molar-refractivity contribution is 0.0693. The molecule has 0 amide bonds. The third-order valence-corrected chi connectivity index (χ3v) is 1.94. The second kappa shape index (κ2) is 6.04. The van der Waals surface area contributed by atoms with E-state index in [1.807, 2.05) is 0 Å². The number of hydrogen-bond donors (Lipinski definition) is 3. The summed E-state index contributed by atoms with van der Waals surface area (Å²) >= 11 is 0. The molecule has 0 aromatic carbocycles. The molecule has 0 spiro atoms. The van der Waals surface area contributed by atoms with Crippen molar-refractivity contribution in [2.75, 3.05) is 25.6 Å². The number of aliphatic hydroxyl groups excluding tert-OH is 1. The van der Waals surface area contributed by atoms with Crippen LogP contribution in [0.2, 0.25) is 0 Å². The number of methoxy groups -OCH3 is 1. The molecule has 0 bridgehead atoms. The summed E-state index contributed by atoms with van der Waals surface area (Å²) in [5, 5.41) is 21.1. The largest absolute Gasteiger partial charge is 0.478 e. The SMILES string of the molecule is COCC(O)CNc1ccncc1C(=O)O. The number of pyridine rings is 1. The molecule has 0 aliphatic rings. The van der Waals surface area contributed by atoms with E-state index in [2.05, 4.69) is 10.3 Å². The van der Waals surface area contributed by atoms with Crippen LogP contribution in [0.4, 0.5) is 5.69 Å². The highest BCUT2D eigenvalue weighted by Crippen LogP contribution is 2.13. The van der Waals surface area contributed by atoms with Crippen LogP contribution in [-0.4, -0.2) is 47.5 Å². The number of aromatic nitrogens is 1. The molecule has 0 aliphatic carbocycles. The van der Waals surface area contributed by atoms with Gasteiger partial charge in [0.15, 0.2) is 0 Å². The molecule has 6 heteroatoms. The van der Waals surface area contributed by atoms with E-state index < -0.39 is 12.1 Å². The molecule has 6 nitrogen and oxygen atoms in total. The topological polar surface area (TPSA) is 91.7 Å². The van der Waals surface area contributed by atoms with Gasteiger partial charge in [-0.25, -0.2) is 4.79 Å². The third kappa shape index (κ3) is 3.48. The van der Waals surface area contributed by atoms with Gasteiger partial charge >= 0.3 is 5.97 Å². The first-order valence-electron chi connectivity index (χ1n) is 4.73. The Morgan fingerprint density at radius 1 is 1.69 bits per heavy atom. The van der Waals surface area contributed by atoms with Crippen molar-refractivity contribution in [3.05, 3.63) is 24.0 Å². The minimum atomic E-state index is -1.06. The number of nitrogens with one attached hydrogen (secondary N) is 1. The number of carboxylic acid groups (broad SMARTS) is 1. The van der Waals surface area contributed by atoms with Gasteiger partial charge in [-0.1, -0.05) is 0 Å². The summed E-state index contributed by atoms with van der Waals surface area (Å²) < 4.78 is 4.75. The van der Waals surface area contributed by atoms with E-state index >= 15 is 0 Å². The average Bonchev–Trinajstić information content (AvgIpc) is 2.27. The lowest BCUT2D eigenvalue weighted by Gasteiger charge is -2.12. The number of anilines is 1. The zero-order chi connectivity index (χ0) is 12.0. The summed E-state index contributed by atoms with van der Waals surface area (Å²) in [5.41, 5.74) is 0.504. The minimum Gasteiger partial charge on any atom is -0.478 e. The minimum absolute atomic E-state index is 0.0760. The molecule has 1 aromatic heterocycles. The molecule has 0 radical (unpaired) electrons. The van der Waals surface area contributed by atoms with Crippen molar-refractivity contribution in [3.63, 3.8) is 0 Å². The van der Waals surface area contributed by atoms with E-state index in [-0.39, 0.29) is 18.7 Å². The predicted octanol–water partition coefficient (Wildman–Crippen LogP) is 0.199. The van der Waals surface area contributed by atoms with E-state index in [1.165, 1.54) is 19.5 Å². The zero-order valence-electron chi connectivity index (χ0n) is 8.88. The molecule has 1 aromatic rings. The van der Waals surface area contributed by atoms with Crippen LogP contribution in [0.25, 0.3) is 0 Å². The Hall–Kier alpha value is -1.66. The summed E-state index contributed by atoms with van der Waals surface area (Å²) in [5.74, 6) is -1.06. The fraction of sp³-hybridized carbons (Fsp3) is 0.400. The van der Waals surface area contributed by atoms with Crippen LogP contribution in [0.3, 0.4) is 0 Å². The van der Waals surface area contributed by atoms with Crippen LogP contribution < -0.4 is 5.32 Å². The van der Waals surface area contributed by atoms with Crippen molar-refractivity contribution in [2.45, 2.75) is 6.10 Å². The Bertz CT molecular complexity index is 356. The van der Waals surface area contributed by atoms with Gasteiger partial charge in [-0.3, -0.25) is 4.98 Å². The third-order valence-electron chi connectivity index (χ3n) is 1.94. The number of rotatable bonds is 6. The van der Waals surface area contributed by atoms with Crippen LogP contribution in [0, 0.1) is 0 Å². The fourth-order valence-corrected chi connectivity index (χ4v) is 1.20. The maximum Gasteiger partial charge on any atom is 0.339 e. The summed E-state index contributed by atoms with van der Waals surface area (Å²) in [6, 6.07) is 1.54. The second-order valence-electron chi connectivity index (χ2n) is 3.22. The monoisotopic (exact) mass is 226 g/mol. The quantitative estimate of drug-likeness (QED) is 0.641. The highest BCUT2D eigenvalue weighted by molar-refractivity contribution is 5.93. The maximum absolute atomic E-state index is 10.8. The number of hydrogen-bond acceptors (Lipinski definition) is 5. The van der Waals surface area contributed by atoms with Crippen LogP contribution in [0.15, 0.2) is 18.5 Å². The van der Waals surface area contributed by atoms with E-state index in [0.717, 1.165) is 0 Å². The molecular weight excluding hydrogens is 212 g/mol. The van der Waals surface area contributed by atoms with Crippen LogP contribution >= 0.6 is 0 Å². The number of aromatic carboxylic acids is 1. The first kappa shape index (κ1) is 12.4. The van der Waals surface area contributed by atoms with Gasteiger partial charge in [0, 0.05) is 26.0 Å². The average molecular weight is 226 g/mol. The molecule has 16 heavy (non-hydrogen) atoms. The molecule has 0 fully saturated rings. The number of aliphatic hydroxyl groups is 1. The number of nitrogens with zero attached hydrogens (tertiary/aromatic N) is 1. The van der Waals surface area contributed by atoms with Crippen molar-refractivity contribution in [3.8, 4) is 0 Å². The Kier molecular flexibility index (Phi) is 4.68. The van der Waals surface area contributed by atoms with Crippen LogP contribution in [-0.2, 0) is 4.74 Å². The fourth-order valence-electron chi connectivity index (χ4n) is 1.20. The van der Waals surface area contributed by atoms with Gasteiger partial charge in [-0.2, -0.15) is 0 Å². The molecule has 88 valence electrons. The van der Waals surface area contributed by atoms with Crippen LogP contribution in [0.5, 0.6) is 0 Å². The van der Waals surface area contributed by atoms with Crippen molar-refractivity contribution in [1.29, 1.82) is 0 Å². The van der Waals surface area contributed by atoms with Crippen molar-refractivity contribution >= 4 is 11.7 Å². The van der Waals surface area contributed by atoms with Crippen molar-refractivity contribution in [2.24, 2.45) is 0 Å². The van der Waals surface area contributed by atoms with Gasteiger partial charge in [0.1, 0.15) is 5.56 Å². The van der Waals surface area contributed by atoms with Gasteiger partial charge in [0.2, 0.25) is 0 Å². The van der Waals surface area contributed by atoms with Crippen LogP contribution in [0.1, 0.15) is 10.4 Å². The van der Waals surface area contributed by atoms with E-state index in [1.54, 1.807) is 6.07 Å². The van der Waals surface area contributed by atoms with E-state index in [9.17, 15) is 9.90 Å². The molecule has 1 heterocycles. The number of carboxylic acids is 1. The number of carbonyl (C=O) groups is 1. The Morgan fingerprint density at radius 2 is 2.44 bits per heavy atom.